The van der Waals surface area contributed by atoms with E-state index in [9.17, 15) is 8.42 Å². The van der Waals surface area contributed by atoms with E-state index in [2.05, 4.69) is 21.1 Å². The van der Waals surface area contributed by atoms with Crippen molar-refractivity contribution in [1.29, 1.82) is 0 Å². The number of hydrogen-bond donors (Lipinski definition) is 3. The Kier molecular flexibility index (Phi) is 4.17. The van der Waals surface area contributed by atoms with Crippen LogP contribution in [0.3, 0.4) is 0 Å². The number of benzene rings is 1. The van der Waals surface area contributed by atoms with Gasteiger partial charge in [-0.2, -0.15) is 0 Å². The molecule has 0 aliphatic carbocycles. The summed E-state index contributed by atoms with van der Waals surface area (Å²) in [7, 11) is -3.20. The highest BCUT2D eigenvalue weighted by atomic mass is 32.2. The SMILES string of the molecule is CC(C)(CNCc1cccc2[nH]ccc12)NS(C)(=O)=O. The molecule has 3 N–H and O–H groups in total. The first-order valence-electron chi connectivity index (χ1n) is 6.51. The molecule has 5 nitrogen and oxygen atoms in total. The normalized spacial score (nSPS) is 12.9. The van der Waals surface area contributed by atoms with E-state index in [0.717, 1.165) is 5.52 Å². The molecule has 0 amide bonds. The molecule has 0 radical (unpaired) electrons. The van der Waals surface area contributed by atoms with Crippen LogP contribution in [-0.2, 0) is 16.6 Å². The van der Waals surface area contributed by atoms with E-state index in [4.69, 9.17) is 0 Å². The lowest BCUT2D eigenvalue weighted by atomic mass is 10.1. The van der Waals surface area contributed by atoms with Gasteiger partial charge < -0.3 is 10.3 Å². The van der Waals surface area contributed by atoms with E-state index in [-0.39, 0.29) is 0 Å². The summed E-state index contributed by atoms with van der Waals surface area (Å²) in [6.07, 6.45) is 3.10. The number of sulfonamides is 1. The highest BCUT2D eigenvalue weighted by Gasteiger charge is 2.21. The van der Waals surface area contributed by atoms with Gasteiger partial charge >= 0.3 is 0 Å². The Morgan fingerprint density at radius 2 is 2.00 bits per heavy atom. The van der Waals surface area contributed by atoms with Crippen molar-refractivity contribution in [2.75, 3.05) is 12.8 Å². The van der Waals surface area contributed by atoms with Crippen molar-refractivity contribution in [3.63, 3.8) is 0 Å². The van der Waals surface area contributed by atoms with E-state index in [0.29, 0.717) is 13.1 Å². The zero-order valence-corrected chi connectivity index (χ0v) is 12.8. The molecule has 110 valence electrons. The molecule has 0 spiro atoms. The zero-order valence-electron chi connectivity index (χ0n) is 12.0. The zero-order chi connectivity index (χ0) is 14.8. The monoisotopic (exact) mass is 295 g/mol. The maximum atomic E-state index is 11.3. The fourth-order valence-electron chi connectivity index (χ4n) is 2.35. The fourth-order valence-corrected chi connectivity index (χ4v) is 3.43. The molecule has 0 saturated carbocycles. The summed E-state index contributed by atoms with van der Waals surface area (Å²) < 4.78 is 25.2. The molecular weight excluding hydrogens is 274 g/mol. The quantitative estimate of drug-likeness (QED) is 0.757. The molecule has 6 heteroatoms. The molecule has 1 aromatic heterocycles. The van der Waals surface area contributed by atoms with Crippen molar-refractivity contribution < 1.29 is 8.42 Å². The van der Waals surface area contributed by atoms with Crippen molar-refractivity contribution in [3.05, 3.63) is 36.0 Å². The predicted molar refractivity (Wildman–Crippen MR) is 82.1 cm³/mol. The van der Waals surface area contributed by atoms with E-state index in [1.165, 1.54) is 17.2 Å². The van der Waals surface area contributed by atoms with Crippen molar-refractivity contribution in [3.8, 4) is 0 Å². The van der Waals surface area contributed by atoms with Gasteiger partial charge in [0, 0.05) is 35.7 Å². The number of aromatic nitrogens is 1. The molecular formula is C14H21N3O2S. The first-order valence-corrected chi connectivity index (χ1v) is 8.41. The number of rotatable bonds is 6. The van der Waals surface area contributed by atoms with Crippen LogP contribution in [0.2, 0.25) is 0 Å². The largest absolute Gasteiger partial charge is 0.361 e. The Morgan fingerprint density at radius 1 is 1.25 bits per heavy atom. The van der Waals surface area contributed by atoms with Crippen LogP contribution in [0.15, 0.2) is 30.5 Å². The Hall–Kier alpha value is -1.37. The highest BCUT2D eigenvalue weighted by molar-refractivity contribution is 7.88. The predicted octanol–water partition coefficient (Wildman–Crippen LogP) is 1.59. The van der Waals surface area contributed by atoms with Crippen molar-refractivity contribution in [2.45, 2.75) is 25.9 Å². The van der Waals surface area contributed by atoms with E-state index in [1.807, 2.05) is 38.2 Å². The van der Waals surface area contributed by atoms with Gasteiger partial charge in [0.1, 0.15) is 0 Å². The molecule has 0 fully saturated rings. The first-order chi connectivity index (χ1) is 9.27. The molecule has 0 aliphatic rings. The first kappa shape index (κ1) is 15.0. The molecule has 1 aromatic carbocycles. The molecule has 2 rings (SSSR count). The second-order valence-corrected chi connectivity index (χ2v) is 7.47. The Labute approximate surface area is 119 Å². The number of H-pyrrole nitrogens is 1. The molecule has 1 heterocycles. The third-order valence-electron chi connectivity index (χ3n) is 3.03. The highest BCUT2D eigenvalue weighted by Crippen LogP contribution is 2.17. The molecule has 0 unspecified atom stereocenters. The minimum absolute atomic E-state index is 0.514. The van der Waals surface area contributed by atoms with Gasteiger partial charge in [0.05, 0.1) is 6.26 Å². The number of nitrogens with one attached hydrogen (secondary N) is 3. The summed E-state index contributed by atoms with van der Waals surface area (Å²) in [5.74, 6) is 0. The van der Waals surface area contributed by atoms with Gasteiger partial charge in [-0.1, -0.05) is 12.1 Å². The molecule has 0 saturated heterocycles. The van der Waals surface area contributed by atoms with Gasteiger partial charge in [-0.3, -0.25) is 0 Å². The van der Waals surface area contributed by atoms with Crippen LogP contribution in [0.25, 0.3) is 10.9 Å². The minimum Gasteiger partial charge on any atom is -0.361 e. The lowest BCUT2D eigenvalue weighted by Crippen LogP contribution is -2.49. The Morgan fingerprint density at radius 3 is 2.70 bits per heavy atom. The number of aromatic amines is 1. The second kappa shape index (κ2) is 5.55. The third-order valence-corrected chi connectivity index (χ3v) is 3.95. The maximum absolute atomic E-state index is 11.3. The number of hydrogen-bond acceptors (Lipinski definition) is 3. The van der Waals surface area contributed by atoms with Crippen LogP contribution in [-0.4, -0.2) is 31.7 Å². The van der Waals surface area contributed by atoms with E-state index < -0.39 is 15.6 Å². The van der Waals surface area contributed by atoms with E-state index >= 15 is 0 Å². The standard InChI is InChI=1S/C14H21N3O2S/c1-14(2,17-20(3,18)19)10-15-9-11-5-4-6-13-12(11)7-8-16-13/h4-8,15-17H,9-10H2,1-3H3. The Balaban J connectivity index is 1.98. The average Bonchev–Trinajstić information content (AvgIpc) is 2.74. The smallest absolute Gasteiger partial charge is 0.209 e. The lowest BCUT2D eigenvalue weighted by molar-refractivity contribution is 0.421. The van der Waals surface area contributed by atoms with Crippen LogP contribution in [0.1, 0.15) is 19.4 Å². The average molecular weight is 295 g/mol. The number of fused-ring (bicyclic) bond motifs is 1. The maximum Gasteiger partial charge on any atom is 0.209 e. The van der Waals surface area contributed by atoms with Crippen molar-refractivity contribution in [2.24, 2.45) is 0 Å². The second-order valence-electron chi connectivity index (χ2n) is 5.72. The summed E-state index contributed by atoms with van der Waals surface area (Å²) in [4.78, 5) is 3.18. The van der Waals surface area contributed by atoms with Crippen LogP contribution in [0.5, 0.6) is 0 Å². The summed E-state index contributed by atoms with van der Waals surface area (Å²) >= 11 is 0. The molecule has 0 bridgehead atoms. The Bertz CT molecular complexity index is 689. The van der Waals surface area contributed by atoms with Gasteiger partial charge in [-0.05, 0) is 31.5 Å². The van der Waals surface area contributed by atoms with Gasteiger partial charge in [0.25, 0.3) is 0 Å². The van der Waals surface area contributed by atoms with Crippen molar-refractivity contribution >= 4 is 20.9 Å². The van der Waals surface area contributed by atoms with Crippen LogP contribution < -0.4 is 10.0 Å². The van der Waals surface area contributed by atoms with Crippen molar-refractivity contribution in [1.82, 2.24) is 15.0 Å². The fraction of sp³-hybridized carbons (Fsp3) is 0.429. The molecule has 0 atom stereocenters. The van der Waals surface area contributed by atoms with Gasteiger partial charge in [0.2, 0.25) is 10.0 Å². The van der Waals surface area contributed by atoms with Crippen LogP contribution in [0.4, 0.5) is 0 Å². The minimum atomic E-state index is -3.20. The van der Waals surface area contributed by atoms with Crippen LogP contribution >= 0.6 is 0 Å². The molecule has 0 aliphatic heterocycles. The third kappa shape index (κ3) is 4.06. The summed E-state index contributed by atoms with van der Waals surface area (Å²) in [5, 5.41) is 4.49. The molecule has 2 aromatic rings. The topological polar surface area (TPSA) is 74.0 Å². The van der Waals surface area contributed by atoms with Crippen LogP contribution in [0, 0.1) is 0 Å². The lowest BCUT2D eigenvalue weighted by Gasteiger charge is -2.25. The summed E-state index contributed by atoms with van der Waals surface area (Å²) in [5.41, 5.74) is 1.79. The van der Waals surface area contributed by atoms with E-state index in [1.54, 1.807) is 0 Å². The van der Waals surface area contributed by atoms with Gasteiger partial charge in [0.15, 0.2) is 0 Å². The van der Waals surface area contributed by atoms with Gasteiger partial charge in [-0.15, -0.1) is 0 Å². The summed E-state index contributed by atoms with van der Waals surface area (Å²) in [6, 6.07) is 8.16. The van der Waals surface area contributed by atoms with Gasteiger partial charge in [-0.25, -0.2) is 13.1 Å². The molecule has 20 heavy (non-hydrogen) atoms. The summed E-state index contributed by atoms with van der Waals surface area (Å²) in [6.45, 7) is 4.97.